The Hall–Kier alpha value is -2.64. The van der Waals surface area contributed by atoms with Crippen LogP contribution < -0.4 is 10.6 Å². The highest BCUT2D eigenvalue weighted by Crippen LogP contribution is 2.32. The van der Waals surface area contributed by atoms with E-state index in [0.29, 0.717) is 19.0 Å². The summed E-state index contributed by atoms with van der Waals surface area (Å²) in [7, 11) is 0. The Morgan fingerprint density at radius 3 is 2.96 bits per heavy atom. The van der Waals surface area contributed by atoms with Crippen molar-refractivity contribution < 1.29 is 9.32 Å². The highest BCUT2D eigenvalue weighted by molar-refractivity contribution is 5.75. The number of aryl methyl sites for hydroxylation is 1. The molecule has 2 amide bonds. The Morgan fingerprint density at radius 1 is 1.39 bits per heavy atom. The first-order chi connectivity index (χ1) is 11.2. The molecule has 3 heterocycles. The lowest BCUT2D eigenvalue weighted by molar-refractivity contribution is 0.183. The Morgan fingerprint density at radius 2 is 2.22 bits per heavy atom. The molecule has 0 saturated carbocycles. The second-order valence-corrected chi connectivity index (χ2v) is 5.45. The number of rotatable bonds is 5. The van der Waals surface area contributed by atoms with Crippen LogP contribution in [-0.4, -0.2) is 45.7 Å². The predicted octanol–water partition coefficient (Wildman–Crippen LogP) is 1.73. The van der Waals surface area contributed by atoms with E-state index in [4.69, 9.17) is 4.52 Å². The lowest BCUT2D eigenvalue weighted by atomic mass is 10.1. The zero-order valence-corrected chi connectivity index (χ0v) is 13.0. The molecule has 0 bridgehead atoms. The third-order valence-corrected chi connectivity index (χ3v) is 3.74. The third kappa shape index (κ3) is 3.77. The molecular weight excluding hydrogens is 296 g/mol. The molecule has 0 radical (unpaired) electrons. The summed E-state index contributed by atoms with van der Waals surface area (Å²) in [6.45, 7) is 3.67. The van der Waals surface area contributed by atoms with Crippen molar-refractivity contribution in [2.45, 2.75) is 25.8 Å². The van der Waals surface area contributed by atoms with Crippen LogP contribution in [0.2, 0.25) is 0 Å². The smallest absolute Gasteiger partial charge is 0.318 e. The molecule has 122 valence electrons. The van der Waals surface area contributed by atoms with E-state index in [1.54, 1.807) is 23.4 Å². The van der Waals surface area contributed by atoms with E-state index >= 15 is 0 Å². The van der Waals surface area contributed by atoms with Crippen molar-refractivity contribution in [3.05, 3.63) is 36.0 Å². The van der Waals surface area contributed by atoms with Crippen LogP contribution in [0.3, 0.4) is 0 Å². The average molecular weight is 316 g/mol. The Labute approximate surface area is 134 Å². The van der Waals surface area contributed by atoms with Crippen molar-refractivity contribution in [3.8, 4) is 0 Å². The molecule has 1 aliphatic rings. The molecular formula is C15H20N6O2. The summed E-state index contributed by atoms with van der Waals surface area (Å²) in [5.41, 5.74) is 0.833. The molecule has 0 aliphatic carbocycles. The van der Waals surface area contributed by atoms with E-state index in [2.05, 4.69) is 25.8 Å². The third-order valence-electron chi connectivity index (χ3n) is 3.74. The van der Waals surface area contributed by atoms with Crippen LogP contribution in [0.5, 0.6) is 0 Å². The van der Waals surface area contributed by atoms with E-state index < -0.39 is 0 Å². The second-order valence-electron chi connectivity index (χ2n) is 5.45. The number of anilines is 1. The summed E-state index contributed by atoms with van der Waals surface area (Å²) >= 11 is 0. The Balaban J connectivity index is 1.47. The average Bonchev–Trinajstić information content (AvgIpc) is 3.21. The van der Waals surface area contributed by atoms with Crippen LogP contribution in [0, 0.1) is 6.92 Å². The fraction of sp³-hybridized carbons (Fsp3) is 0.467. The topological polar surface area (TPSA) is 96.2 Å². The molecule has 3 rings (SSSR count). The fourth-order valence-electron chi connectivity index (χ4n) is 2.68. The van der Waals surface area contributed by atoms with Crippen LogP contribution in [0.15, 0.2) is 29.0 Å². The van der Waals surface area contributed by atoms with Crippen molar-refractivity contribution in [2.24, 2.45) is 0 Å². The molecule has 1 fully saturated rings. The maximum Gasteiger partial charge on any atom is 0.318 e. The normalized spacial score (nSPS) is 17.3. The number of aromatic nitrogens is 3. The van der Waals surface area contributed by atoms with Gasteiger partial charge in [-0.05, 0) is 25.8 Å². The largest absolute Gasteiger partial charge is 0.359 e. The van der Waals surface area contributed by atoms with Crippen molar-refractivity contribution in [1.29, 1.82) is 0 Å². The van der Waals surface area contributed by atoms with Gasteiger partial charge in [-0.25, -0.2) is 14.8 Å². The Kier molecular flexibility index (Phi) is 4.70. The van der Waals surface area contributed by atoms with Crippen molar-refractivity contribution in [1.82, 2.24) is 25.3 Å². The molecule has 8 heteroatoms. The first-order valence-electron chi connectivity index (χ1n) is 7.72. The van der Waals surface area contributed by atoms with Crippen molar-refractivity contribution in [2.75, 3.05) is 25.0 Å². The molecule has 0 aromatic carbocycles. The van der Waals surface area contributed by atoms with Gasteiger partial charge < -0.3 is 20.1 Å². The molecule has 8 nitrogen and oxygen atoms in total. The first-order valence-corrected chi connectivity index (χ1v) is 7.72. The number of carbonyl (C=O) groups is 1. The maximum absolute atomic E-state index is 12.3. The molecule has 2 N–H and O–H groups in total. The highest BCUT2D eigenvalue weighted by Gasteiger charge is 2.32. The van der Waals surface area contributed by atoms with Gasteiger partial charge in [0.15, 0.2) is 5.76 Å². The second kappa shape index (κ2) is 7.08. The lowest BCUT2D eigenvalue weighted by Gasteiger charge is -2.23. The summed E-state index contributed by atoms with van der Waals surface area (Å²) in [5, 5.41) is 9.87. The number of nitrogens with one attached hydrogen (secondary N) is 2. The zero-order valence-electron chi connectivity index (χ0n) is 13.0. The molecule has 0 unspecified atom stereocenters. The van der Waals surface area contributed by atoms with E-state index in [-0.39, 0.29) is 12.1 Å². The van der Waals surface area contributed by atoms with Gasteiger partial charge in [0.2, 0.25) is 5.95 Å². The minimum Gasteiger partial charge on any atom is -0.359 e. The SMILES string of the molecule is Cc1cc([C@@H]2CCCN2C(=O)NCCNc2ncccn2)on1. The van der Waals surface area contributed by atoms with E-state index in [1.807, 2.05) is 13.0 Å². The van der Waals surface area contributed by atoms with Crippen LogP contribution in [0.1, 0.15) is 30.3 Å². The van der Waals surface area contributed by atoms with Gasteiger partial charge in [-0.3, -0.25) is 0 Å². The summed E-state index contributed by atoms with van der Waals surface area (Å²) in [5.74, 6) is 1.31. The van der Waals surface area contributed by atoms with Crippen LogP contribution in [0.4, 0.5) is 10.7 Å². The van der Waals surface area contributed by atoms with Gasteiger partial charge in [0, 0.05) is 38.1 Å². The van der Waals surface area contributed by atoms with Crippen LogP contribution in [0.25, 0.3) is 0 Å². The van der Waals surface area contributed by atoms with Gasteiger partial charge in [0.1, 0.15) is 0 Å². The molecule has 1 atom stereocenters. The maximum atomic E-state index is 12.3. The van der Waals surface area contributed by atoms with Crippen LogP contribution >= 0.6 is 0 Å². The summed E-state index contributed by atoms with van der Waals surface area (Å²) < 4.78 is 5.31. The van der Waals surface area contributed by atoms with E-state index in [1.165, 1.54) is 0 Å². The van der Waals surface area contributed by atoms with Crippen LogP contribution in [-0.2, 0) is 0 Å². The number of carbonyl (C=O) groups excluding carboxylic acids is 1. The van der Waals surface area contributed by atoms with E-state index in [9.17, 15) is 4.79 Å². The number of hydrogen-bond donors (Lipinski definition) is 2. The van der Waals surface area contributed by atoms with Gasteiger partial charge >= 0.3 is 6.03 Å². The molecule has 1 saturated heterocycles. The summed E-state index contributed by atoms with van der Waals surface area (Å²) in [4.78, 5) is 22.3. The zero-order chi connectivity index (χ0) is 16.1. The molecule has 0 spiro atoms. The highest BCUT2D eigenvalue weighted by atomic mass is 16.5. The van der Waals surface area contributed by atoms with Gasteiger partial charge in [-0.15, -0.1) is 0 Å². The number of hydrogen-bond acceptors (Lipinski definition) is 6. The van der Waals surface area contributed by atoms with Crippen molar-refractivity contribution >= 4 is 12.0 Å². The quantitative estimate of drug-likeness (QED) is 0.816. The monoisotopic (exact) mass is 316 g/mol. The van der Waals surface area contributed by atoms with Crippen molar-refractivity contribution in [3.63, 3.8) is 0 Å². The van der Waals surface area contributed by atoms with Gasteiger partial charge in [-0.2, -0.15) is 0 Å². The number of likely N-dealkylation sites (tertiary alicyclic amines) is 1. The van der Waals surface area contributed by atoms with Gasteiger partial charge in [0.25, 0.3) is 0 Å². The predicted molar refractivity (Wildman–Crippen MR) is 83.8 cm³/mol. The molecule has 23 heavy (non-hydrogen) atoms. The molecule has 2 aromatic heterocycles. The first kappa shape index (κ1) is 15.3. The fourth-order valence-corrected chi connectivity index (χ4v) is 2.68. The summed E-state index contributed by atoms with van der Waals surface area (Å²) in [6, 6.07) is 3.54. The minimum atomic E-state index is -0.0858. The minimum absolute atomic E-state index is 0.0263. The molecule has 1 aliphatic heterocycles. The van der Waals surface area contributed by atoms with Gasteiger partial charge in [-0.1, -0.05) is 5.16 Å². The van der Waals surface area contributed by atoms with E-state index in [0.717, 1.165) is 30.8 Å². The van der Waals surface area contributed by atoms with Gasteiger partial charge in [0.05, 0.1) is 11.7 Å². The molecule has 2 aromatic rings. The number of amides is 2. The summed E-state index contributed by atoms with van der Waals surface area (Å²) in [6.07, 6.45) is 5.20. The number of nitrogens with zero attached hydrogens (tertiary/aromatic N) is 4. The number of urea groups is 1. The standard InChI is InChI=1S/C15H20N6O2/c1-11-10-13(23-20-11)12-4-2-9-21(12)15(22)19-8-7-18-14-16-5-3-6-17-14/h3,5-6,10,12H,2,4,7-9H2,1H3,(H,19,22)(H,16,17,18)/t12-/m0/s1. The lowest BCUT2D eigenvalue weighted by Crippen LogP contribution is -2.41. The Bertz CT molecular complexity index is 644.